The molecule has 0 aromatic heterocycles. The highest BCUT2D eigenvalue weighted by atomic mass is 19.1. The van der Waals surface area contributed by atoms with Crippen LogP contribution in [0.5, 0.6) is 0 Å². The lowest BCUT2D eigenvalue weighted by molar-refractivity contribution is 0.216. The Morgan fingerprint density at radius 1 is 1.67 bits per heavy atom. The fourth-order valence-corrected chi connectivity index (χ4v) is 0.932. The number of hydrogen-bond donors (Lipinski definition) is 0. The molecular weight excluding hydrogens is 122 g/mol. The van der Waals surface area contributed by atoms with Crippen molar-refractivity contribution in [3.05, 3.63) is 11.9 Å². The number of rotatable bonds is 0. The van der Waals surface area contributed by atoms with Gasteiger partial charge in [-0.2, -0.15) is 0 Å². The Morgan fingerprint density at radius 3 is 2.78 bits per heavy atom. The van der Waals surface area contributed by atoms with Crippen molar-refractivity contribution in [2.45, 2.75) is 25.9 Å². The molecule has 0 spiro atoms. The molecule has 0 nitrogen and oxygen atoms in total. The highest BCUT2D eigenvalue weighted by Gasteiger charge is 2.21. The maximum atomic E-state index is 12.5. The first-order valence-electron chi connectivity index (χ1n) is 3.18. The van der Waals surface area contributed by atoms with Gasteiger partial charge in [-0.05, 0) is 12.3 Å². The van der Waals surface area contributed by atoms with Crippen LogP contribution in [0.25, 0.3) is 0 Å². The van der Waals surface area contributed by atoms with Crippen LogP contribution in [-0.2, 0) is 0 Å². The molecule has 9 heavy (non-hydrogen) atoms. The molecule has 1 aliphatic carbocycles. The van der Waals surface area contributed by atoms with E-state index < -0.39 is 6.17 Å². The van der Waals surface area contributed by atoms with Gasteiger partial charge < -0.3 is 0 Å². The molecule has 1 rings (SSSR count). The molecule has 2 unspecified atom stereocenters. The van der Waals surface area contributed by atoms with Crippen LogP contribution in [0.2, 0.25) is 0 Å². The minimum atomic E-state index is -0.963. The lowest BCUT2D eigenvalue weighted by Crippen LogP contribution is -2.15. The molecule has 52 valence electrons. The molecule has 0 fully saturated rings. The molecule has 0 saturated heterocycles. The van der Waals surface area contributed by atoms with E-state index in [1.165, 1.54) is 6.08 Å². The van der Waals surface area contributed by atoms with Crippen molar-refractivity contribution in [3.8, 4) is 0 Å². The number of allylic oxidation sites excluding steroid dienone is 2. The van der Waals surface area contributed by atoms with Crippen LogP contribution in [0.15, 0.2) is 11.9 Å². The van der Waals surface area contributed by atoms with Crippen molar-refractivity contribution in [2.75, 3.05) is 0 Å². The van der Waals surface area contributed by atoms with E-state index >= 15 is 0 Å². The second-order valence-electron chi connectivity index (χ2n) is 2.58. The van der Waals surface area contributed by atoms with Gasteiger partial charge in [0.2, 0.25) is 0 Å². The minimum Gasteiger partial charge on any atom is -0.247 e. The maximum Gasteiger partial charge on any atom is 0.109 e. The summed E-state index contributed by atoms with van der Waals surface area (Å²) < 4.78 is 24.8. The molecule has 0 N–H and O–H groups in total. The SMILES string of the molecule is CC1CC=C(F)CC1F. The predicted octanol–water partition coefficient (Wildman–Crippen LogP) is 2.61. The van der Waals surface area contributed by atoms with E-state index in [0.717, 1.165) is 0 Å². The maximum absolute atomic E-state index is 12.5. The van der Waals surface area contributed by atoms with Gasteiger partial charge in [-0.25, -0.2) is 8.78 Å². The smallest absolute Gasteiger partial charge is 0.109 e. The van der Waals surface area contributed by atoms with Crippen molar-refractivity contribution in [3.63, 3.8) is 0 Å². The lowest BCUT2D eigenvalue weighted by atomic mass is 9.94. The Bertz CT molecular complexity index is 129. The number of halogens is 2. The summed E-state index contributed by atoms with van der Waals surface area (Å²) in [6.07, 6.45) is 1.05. The molecule has 1 aliphatic rings. The number of hydrogen-bond acceptors (Lipinski definition) is 0. The van der Waals surface area contributed by atoms with Gasteiger partial charge in [-0.1, -0.05) is 13.0 Å². The van der Waals surface area contributed by atoms with E-state index in [2.05, 4.69) is 0 Å². The summed E-state index contributed by atoms with van der Waals surface area (Å²) in [6, 6.07) is 0. The van der Waals surface area contributed by atoms with Gasteiger partial charge in [-0.3, -0.25) is 0 Å². The summed E-state index contributed by atoms with van der Waals surface area (Å²) in [7, 11) is 0. The normalized spacial score (nSPS) is 36.1. The summed E-state index contributed by atoms with van der Waals surface area (Å²) in [5.41, 5.74) is 0. The standard InChI is InChI=1S/C7H10F2/c1-5-2-3-6(8)4-7(5)9/h3,5,7H,2,4H2,1H3. The Labute approximate surface area is 53.6 Å². The average molecular weight is 132 g/mol. The van der Waals surface area contributed by atoms with Crippen LogP contribution in [-0.4, -0.2) is 6.17 Å². The molecule has 0 aromatic rings. The van der Waals surface area contributed by atoms with Crippen molar-refractivity contribution >= 4 is 0 Å². The molecule has 0 amide bonds. The zero-order chi connectivity index (χ0) is 6.85. The fraction of sp³-hybridized carbons (Fsp3) is 0.714. The fourth-order valence-electron chi connectivity index (χ4n) is 0.932. The highest BCUT2D eigenvalue weighted by molar-refractivity contribution is 5.00. The van der Waals surface area contributed by atoms with E-state index in [0.29, 0.717) is 6.42 Å². The first kappa shape index (κ1) is 6.72. The third-order valence-electron chi connectivity index (χ3n) is 1.72. The minimum absolute atomic E-state index is 0.00417. The van der Waals surface area contributed by atoms with Crippen LogP contribution >= 0.6 is 0 Å². The Kier molecular flexibility index (Phi) is 1.84. The molecule has 0 aromatic carbocycles. The predicted molar refractivity (Wildman–Crippen MR) is 32.5 cm³/mol. The second kappa shape index (κ2) is 2.46. The van der Waals surface area contributed by atoms with Crippen LogP contribution in [0.4, 0.5) is 8.78 Å². The van der Waals surface area contributed by atoms with Crippen molar-refractivity contribution in [1.29, 1.82) is 0 Å². The van der Waals surface area contributed by atoms with E-state index in [-0.39, 0.29) is 18.2 Å². The Balaban J connectivity index is 2.54. The number of alkyl halides is 1. The summed E-state index contributed by atoms with van der Waals surface area (Å²) in [4.78, 5) is 0. The van der Waals surface area contributed by atoms with E-state index in [4.69, 9.17) is 0 Å². The summed E-state index contributed by atoms with van der Waals surface area (Å²) >= 11 is 0. The summed E-state index contributed by atoms with van der Waals surface area (Å²) in [6.45, 7) is 1.80. The van der Waals surface area contributed by atoms with Crippen LogP contribution < -0.4 is 0 Å². The topological polar surface area (TPSA) is 0 Å². The first-order valence-corrected chi connectivity index (χ1v) is 3.18. The molecule has 0 saturated carbocycles. The zero-order valence-corrected chi connectivity index (χ0v) is 5.40. The van der Waals surface area contributed by atoms with Gasteiger partial charge in [0.15, 0.2) is 0 Å². The Morgan fingerprint density at radius 2 is 2.33 bits per heavy atom. The molecular formula is C7H10F2. The molecule has 2 heteroatoms. The average Bonchev–Trinajstić information content (AvgIpc) is 1.80. The van der Waals surface area contributed by atoms with Gasteiger partial charge in [0.1, 0.15) is 6.17 Å². The summed E-state index contributed by atoms with van der Waals surface area (Å²) in [5.74, 6) is -0.287. The van der Waals surface area contributed by atoms with Gasteiger partial charge >= 0.3 is 0 Å². The van der Waals surface area contributed by atoms with E-state index in [1.807, 2.05) is 0 Å². The molecule has 0 radical (unpaired) electrons. The third-order valence-corrected chi connectivity index (χ3v) is 1.72. The van der Waals surface area contributed by atoms with E-state index in [9.17, 15) is 8.78 Å². The monoisotopic (exact) mass is 132 g/mol. The molecule has 0 heterocycles. The highest BCUT2D eigenvalue weighted by Crippen LogP contribution is 2.26. The molecule has 0 bridgehead atoms. The Hall–Kier alpha value is -0.400. The lowest BCUT2D eigenvalue weighted by Gasteiger charge is -2.18. The van der Waals surface area contributed by atoms with Gasteiger partial charge in [0.25, 0.3) is 0 Å². The van der Waals surface area contributed by atoms with Crippen LogP contribution in [0.1, 0.15) is 19.8 Å². The van der Waals surface area contributed by atoms with Crippen molar-refractivity contribution in [2.24, 2.45) is 5.92 Å². The van der Waals surface area contributed by atoms with Crippen molar-refractivity contribution in [1.82, 2.24) is 0 Å². The largest absolute Gasteiger partial charge is 0.247 e. The second-order valence-corrected chi connectivity index (χ2v) is 2.58. The van der Waals surface area contributed by atoms with Gasteiger partial charge in [0, 0.05) is 6.42 Å². The molecule has 2 atom stereocenters. The summed E-state index contributed by atoms with van der Waals surface area (Å²) in [5, 5.41) is 0. The van der Waals surface area contributed by atoms with Crippen LogP contribution in [0, 0.1) is 5.92 Å². The van der Waals surface area contributed by atoms with Crippen molar-refractivity contribution < 1.29 is 8.78 Å². The van der Waals surface area contributed by atoms with Gasteiger partial charge in [-0.15, -0.1) is 0 Å². The van der Waals surface area contributed by atoms with E-state index in [1.54, 1.807) is 6.92 Å². The third kappa shape index (κ3) is 1.50. The van der Waals surface area contributed by atoms with Gasteiger partial charge in [0.05, 0.1) is 5.83 Å². The quantitative estimate of drug-likeness (QED) is 0.475. The molecule has 0 aliphatic heterocycles. The zero-order valence-electron chi connectivity index (χ0n) is 5.40. The van der Waals surface area contributed by atoms with Crippen LogP contribution in [0.3, 0.4) is 0 Å². The first-order chi connectivity index (χ1) is 4.20.